The summed E-state index contributed by atoms with van der Waals surface area (Å²) in [6.07, 6.45) is 0. The van der Waals surface area contributed by atoms with E-state index in [-0.39, 0.29) is 11.9 Å². The van der Waals surface area contributed by atoms with Gasteiger partial charge in [0.15, 0.2) is 0 Å². The van der Waals surface area contributed by atoms with E-state index in [1.807, 2.05) is 56.3 Å². The fraction of sp³-hybridized carbons (Fsp3) is 0.238. The molecule has 3 aromatic rings. The first kappa shape index (κ1) is 18.3. The average molecular weight is 366 g/mol. The number of nitrogens with one attached hydrogen (secondary N) is 1. The van der Waals surface area contributed by atoms with Gasteiger partial charge in [0.2, 0.25) is 0 Å². The van der Waals surface area contributed by atoms with E-state index < -0.39 is 0 Å². The van der Waals surface area contributed by atoms with Gasteiger partial charge >= 0.3 is 0 Å². The Morgan fingerprint density at radius 2 is 1.88 bits per heavy atom. The van der Waals surface area contributed by atoms with E-state index in [2.05, 4.69) is 29.5 Å². The summed E-state index contributed by atoms with van der Waals surface area (Å²) in [7, 11) is 0. The monoisotopic (exact) mass is 366 g/mol. The number of amides is 1. The van der Waals surface area contributed by atoms with Gasteiger partial charge in [0.25, 0.3) is 5.91 Å². The van der Waals surface area contributed by atoms with Crippen LogP contribution in [-0.4, -0.2) is 11.1 Å². The van der Waals surface area contributed by atoms with Crippen LogP contribution in [0.1, 0.15) is 45.9 Å². The molecule has 0 spiro atoms. The molecule has 26 heavy (non-hydrogen) atoms. The number of nitrogens with zero attached hydrogens (tertiary/aromatic N) is 1. The lowest BCUT2D eigenvalue weighted by atomic mass is 10.1. The minimum absolute atomic E-state index is 0.0573. The van der Waals surface area contributed by atoms with Gasteiger partial charge in [-0.2, -0.15) is 0 Å². The highest BCUT2D eigenvalue weighted by Crippen LogP contribution is 2.27. The molecule has 0 aliphatic carbocycles. The maximum absolute atomic E-state index is 12.8. The van der Waals surface area contributed by atoms with Crippen molar-refractivity contribution in [3.8, 4) is 0 Å². The van der Waals surface area contributed by atoms with Crippen molar-refractivity contribution in [2.45, 2.75) is 37.5 Å². The summed E-state index contributed by atoms with van der Waals surface area (Å²) in [5.74, 6) is 1.37. The van der Waals surface area contributed by atoms with Crippen LogP contribution in [0, 0.1) is 13.8 Å². The standard InChI is InChI=1S/C21H22N2O2S/c1-14-8-10-17(11-9-14)16(3)22-21(24)19-6-4-5-7-20(19)26-13-18-12-15(2)23-25-18/h4-12,16H,13H2,1-3H3,(H,22,24). The van der Waals surface area contributed by atoms with Gasteiger partial charge < -0.3 is 9.84 Å². The molecule has 1 heterocycles. The quantitative estimate of drug-likeness (QED) is 0.619. The fourth-order valence-electron chi connectivity index (χ4n) is 2.63. The Balaban J connectivity index is 1.69. The molecule has 134 valence electrons. The van der Waals surface area contributed by atoms with Crippen molar-refractivity contribution in [3.63, 3.8) is 0 Å². The first-order valence-corrected chi connectivity index (χ1v) is 9.53. The third-order valence-electron chi connectivity index (χ3n) is 4.10. The number of thioether (sulfide) groups is 1. The van der Waals surface area contributed by atoms with E-state index >= 15 is 0 Å². The summed E-state index contributed by atoms with van der Waals surface area (Å²) in [5.41, 5.74) is 3.83. The third kappa shape index (κ3) is 4.55. The minimum Gasteiger partial charge on any atom is -0.360 e. The highest BCUT2D eigenvalue weighted by Gasteiger charge is 2.15. The molecule has 5 heteroatoms. The first-order valence-electron chi connectivity index (χ1n) is 8.54. The molecule has 1 amide bonds. The van der Waals surface area contributed by atoms with Crippen molar-refractivity contribution in [1.29, 1.82) is 0 Å². The largest absolute Gasteiger partial charge is 0.360 e. The lowest BCUT2D eigenvalue weighted by molar-refractivity contribution is 0.0937. The number of hydrogen-bond donors (Lipinski definition) is 1. The summed E-state index contributed by atoms with van der Waals surface area (Å²) in [5, 5.41) is 6.98. The maximum atomic E-state index is 12.8. The van der Waals surface area contributed by atoms with Crippen LogP contribution in [-0.2, 0) is 5.75 Å². The molecule has 2 aromatic carbocycles. The summed E-state index contributed by atoms with van der Waals surface area (Å²) < 4.78 is 5.25. The van der Waals surface area contributed by atoms with E-state index in [1.54, 1.807) is 11.8 Å². The van der Waals surface area contributed by atoms with Crippen LogP contribution in [0.2, 0.25) is 0 Å². The number of carbonyl (C=O) groups is 1. The Morgan fingerprint density at radius 1 is 1.15 bits per heavy atom. The molecule has 1 atom stereocenters. The second-order valence-corrected chi connectivity index (χ2v) is 7.34. The number of aryl methyl sites for hydroxylation is 2. The van der Waals surface area contributed by atoms with E-state index in [4.69, 9.17) is 4.52 Å². The van der Waals surface area contributed by atoms with Crippen molar-refractivity contribution in [3.05, 3.63) is 82.7 Å². The lowest BCUT2D eigenvalue weighted by Crippen LogP contribution is -2.27. The Morgan fingerprint density at radius 3 is 2.58 bits per heavy atom. The van der Waals surface area contributed by atoms with E-state index in [9.17, 15) is 4.79 Å². The number of aromatic nitrogens is 1. The van der Waals surface area contributed by atoms with Crippen LogP contribution < -0.4 is 5.32 Å². The molecule has 0 saturated carbocycles. The SMILES string of the molecule is Cc1ccc(C(C)NC(=O)c2ccccc2SCc2cc(C)no2)cc1. The molecule has 0 aliphatic heterocycles. The summed E-state index contributed by atoms with van der Waals surface area (Å²) in [4.78, 5) is 13.7. The highest BCUT2D eigenvalue weighted by atomic mass is 32.2. The molecule has 1 N–H and O–H groups in total. The van der Waals surface area contributed by atoms with E-state index in [0.29, 0.717) is 11.3 Å². The predicted molar refractivity (Wildman–Crippen MR) is 104 cm³/mol. The minimum atomic E-state index is -0.0741. The molecule has 0 saturated heterocycles. The topological polar surface area (TPSA) is 55.1 Å². The highest BCUT2D eigenvalue weighted by molar-refractivity contribution is 7.98. The van der Waals surface area contributed by atoms with Gasteiger partial charge in [-0.15, -0.1) is 11.8 Å². The fourth-order valence-corrected chi connectivity index (χ4v) is 3.55. The van der Waals surface area contributed by atoms with Crippen LogP contribution in [0.4, 0.5) is 0 Å². The molecule has 0 fully saturated rings. The van der Waals surface area contributed by atoms with Crippen molar-refractivity contribution < 1.29 is 9.32 Å². The van der Waals surface area contributed by atoms with Crippen LogP contribution in [0.25, 0.3) is 0 Å². The second-order valence-electron chi connectivity index (χ2n) is 6.33. The molecular formula is C21H22N2O2S. The number of rotatable bonds is 6. The first-order chi connectivity index (χ1) is 12.5. The zero-order valence-corrected chi connectivity index (χ0v) is 16.0. The Labute approximate surface area is 158 Å². The lowest BCUT2D eigenvalue weighted by Gasteiger charge is -2.16. The van der Waals surface area contributed by atoms with E-state index in [1.165, 1.54) is 5.56 Å². The van der Waals surface area contributed by atoms with Crippen LogP contribution in [0.3, 0.4) is 0 Å². The molecule has 1 aromatic heterocycles. The molecule has 1 unspecified atom stereocenters. The Bertz CT molecular complexity index is 887. The molecule has 0 aliphatic rings. The van der Waals surface area contributed by atoms with Gasteiger partial charge in [-0.05, 0) is 38.5 Å². The van der Waals surface area contributed by atoms with E-state index in [0.717, 1.165) is 21.9 Å². The smallest absolute Gasteiger partial charge is 0.252 e. The van der Waals surface area contributed by atoms with Gasteiger partial charge in [0.1, 0.15) is 5.76 Å². The van der Waals surface area contributed by atoms with Crippen molar-refractivity contribution in [1.82, 2.24) is 10.5 Å². The maximum Gasteiger partial charge on any atom is 0.252 e. The van der Waals surface area contributed by atoms with Gasteiger partial charge in [-0.25, -0.2) is 0 Å². The number of benzene rings is 2. The van der Waals surface area contributed by atoms with Gasteiger partial charge in [-0.1, -0.05) is 47.1 Å². The second kappa shape index (κ2) is 8.23. The predicted octanol–water partition coefficient (Wildman–Crippen LogP) is 5.07. The van der Waals surface area contributed by atoms with Gasteiger partial charge in [0, 0.05) is 11.0 Å². The Kier molecular flexibility index (Phi) is 5.78. The van der Waals surface area contributed by atoms with Crippen molar-refractivity contribution in [2.75, 3.05) is 0 Å². The summed E-state index contributed by atoms with van der Waals surface area (Å²) >= 11 is 1.57. The molecule has 3 rings (SSSR count). The molecule has 0 bridgehead atoms. The average Bonchev–Trinajstić information content (AvgIpc) is 3.06. The van der Waals surface area contributed by atoms with Crippen LogP contribution in [0.15, 0.2) is 64.0 Å². The molecule has 4 nitrogen and oxygen atoms in total. The summed E-state index contributed by atoms with van der Waals surface area (Å²) in [6, 6.07) is 17.7. The number of carbonyl (C=O) groups excluding carboxylic acids is 1. The molecular weight excluding hydrogens is 344 g/mol. The van der Waals surface area contributed by atoms with Crippen LogP contribution in [0.5, 0.6) is 0 Å². The Hall–Kier alpha value is -2.53. The van der Waals surface area contributed by atoms with Gasteiger partial charge in [0.05, 0.1) is 23.1 Å². The summed E-state index contributed by atoms with van der Waals surface area (Å²) in [6.45, 7) is 5.94. The zero-order chi connectivity index (χ0) is 18.5. The number of hydrogen-bond acceptors (Lipinski definition) is 4. The van der Waals surface area contributed by atoms with Crippen molar-refractivity contribution >= 4 is 17.7 Å². The zero-order valence-electron chi connectivity index (χ0n) is 15.2. The van der Waals surface area contributed by atoms with Crippen molar-refractivity contribution in [2.24, 2.45) is 0 Å². The van der Waals surface area contributed by atoms with Crippen LogP contribution >= 0.6 is 11.8 Å². The van der Waals surface area contributed by atoms with Gasteiger partial charge in [-0.3, -0.25) is 4.79 Å². The normalized spacial score (nSPS) is 12.0. The molecule has 0 radical (unpaired) electrons. The third-order valence-corrected chi connectivity index (χ3v) is 5.20.